The molecule has 2 nitrogen and oxygen atoms in total. The van der Waals surface area contributed by atoms with Gasteiger partial charge in [0.05, 0.1) is 12.3 Å². The Morgan fingerprint density at radius 2 is 1.75 bits per heavy atom. The Kier molecular flexibility index (Phi) is 3.44. The molecule has 0 saturated heterocycles. The molecular weight excluding hydrogens is 245 g/mol. The van der Waals surface area contributed by atoms with Gasteiger partial charge in [-0.1, -0.05) is 29.3 Å². The molecule has 0 aliphatic heterocycles. The van der Waals surface area contributed by atoms with Crippen LogP contribution in [0.1, 0.15) is 5.56 Å². The summed E-state index contributed by atoms with van der Waals surface area (Å²) in [5.41, 5.74) is 2.42. The molecule has 0 bridgehead atoms. The van der Waals surface area contributed by atoms with Gasteiger partial charge in [0.2, 0.25) is 0 Å². The molecule has 4 heteroatoms. The van der Waals surface area contributed by atoms with Crippen molar-refractivity contribution in [3.8, 4) is 11.3 Å². The number of aliphatic hydroxyl groups is 1. The average molecular weight is 254 g/mol. The molecule has 1 aromatic carbocycles. The first kappa shape index (κ1) is 11.4. The van der Waals surface area contributed by atoms with Crippen LogP contribution in [0.15, 0.2) is 36.5 Å². The Hall–Kier alpha value is -1.09. The van der Waals surface area contributed by atoms with Crippen LogP contribution in [0, 0.1) is 0 Å². The Labute approximate surface area is 103 Å². The quantitative estimate of drug-likeness (QED) is 0.888. The van der Waals surface area contributed by atoms with E-state index in [0.29, 0.717) is 10.0 Å². The fourth-order valence-electron chi connectivity index (χ4n) is 1.39. The number of hydrogen-bond acceptors (Lipinski definition) is 2. The highest BCUT2D eigenvalue weighted by atomic mass is 35.5. The van der Waals surface area contributed by atoms with E-state index in [1.54, 1.807) is 24.4 Å². The van der Waals surface area contributed by atoms with E-state index in [4.69, 9.17) is 28.3 Å². The standard InChI is InChI=1S/C12H9Cl2NO/c13-10-3-9(4-11(14)5-10)12-2-1-8(7-16)6-15-12/h1-6,16H,7H2. The van der Waals surface area contributed by atoms with Crippen LogP contribution in [0.3, 0.4) is 0 Å². The first-order valence-corrected chi connectivity index (χ1v) is 5.47. The molecule has 1 N–H and O–H groups in total. The topological polar surface area (TPSA) is 33.1 Å². The molecular formula is C12H9Cl2NO. The van der Waals surface area contributed by atoms with Gasteiger partial charge in [0.25, 0.3) is 0 Å². The van der Waals surface area contributed by atoms with Crippen molar-refractivity contribution in [1.82, 2.24) is 4.98 Å². The highest BCUT2D eigenvalue weighted by Crippen LogP contribution is 2.25. The highest BCUT2D eigenvalue weighted by Gasteiger charge is 2.02. The van der Waals surface area contributed by atoms with Crippen molar-refractivity contribution < 1.29 is 5.11 Å². The van der Waals surface area contributed by atoms with E-state index < -0.39 is 0 Å². The molecule has 0 aliphatic rings. The summed E-state index contributed by atoms with van der Waals surface area (Å²) < 4.78 is 0. The lowest BCUT2D eigenvalue weighted by Gasteiger charge is -2.03. The van der Waals surface area contributed by atoms with Crippen LogP contribution in [0.5, 0.6) is 0 Å². The third-order valence-electron chi connectivity index (χ3n) is 2.17. The molecule has 0 amide bonds. The second-order valence-corrected chi connectivity index (χ2v) is 4.24. The molecule has 0 spiro atoms. The minimum absolute atomic E-state index is 0.0103. The van der Waals surface area contributed by atoms with Gasteiger partial charge in [0.15, 0.2) is 0 Å². The van der Waals surface area contributed by atoms with Gasteiger partial charge in [0.1, 0.15) is 0 Å². The van der Waals surface area contributed by atoms with Gasteiger partial charge < -0.3 is 5.11 Å². The third-order valence-corrected chi connectivity index (χ3v) is 2.60. The molecule has 2 rings (SSSR count). The van der Waals surface area contributed by atoms with E-state index >= 15 is 0 Å². The van der Waals surface area contributed by atoms with Gasteiger partial charge in [-0.25, -0.2) is 0 Å². The van der Waals surface area contributed by atoms with Gasteiger partial charge in [-0.15, -0.1) is 0 Å². The van der Waals surface area contributed by atoms with Crippen LogP contribution in [0.25, 0.3) is 11.3 Å². The van der Waals surface area contributed by atoms with E-state index in [-0.39, 0.29) is 6.61 Å². The molecule has 0 saturated carbocycles. The van der Waals surface area contributed by atoms with E-state index in [2.05, 4.69) is 4.98 Å². The number of aliphatic hydroxyl groups excluding tert-OH is 1. The average Bonchev–Trinajstić information content (AvgIpc) is 2.28. The van der Waals surface area contributed by atoms with Gasteiger partial charge in [-0.3, -0.25) is 4.98 Å². The van der Waals surface area contributed by atoms with Crippen LogP contribution >= 0.6 is 23.2 Å². The van der Waals surface area contributed by atoms with Crippen molar-refractivity contribution >= 4 is 23.2 Å². The maximum absolute atomic E-state index is 8.91. The van der Waals surface area contributed by atoms with Crippen molar-refractivity contribution in [2.75, 3.05) is 0 Å². The number of benzene rings is 1. The summed E-state index contributed by atoms with van der Waals surface area (Å²) in [6, 6.07) is 8.92. The summed E-state index contributed by atoms with van der Waals surface area (Å²) in [5, 5.41) is 10.1. The zero-order chi connectivity index (χ0) is 11.5. The van der Waals surface area contributed by atoms with E-state index in [0.717, 1.165) is 16.8 Å². The predicted octanol–water partition coefficient (Wildman–Crippen LogP) is 3.55. The molecule has 0 unspecified atom stereocenters. The van der Waals surface area contributed by atoms with Crippen molar-refractivity contribution in [1.29, 1.82) is 0 Å². The summed E-state index contributed by atoms with van der Waals surface area (Å²) in [5.74, 6) is 0. The molecule has 0 atom stereocenters. The van der Waals surface area contributed by atoms with Crippen LogP contribution in [0.4, 0.5) is 0 Å². The number of rotatable bonds is 2. The van der Waals surface area contributed by atoms with E-state index in [9.17, 15) is 0 Å². The minimum atomic E-state index is -0.0103. The SMILES string of the molecule is OCc1ccc(-c2cc(Cl)cc(Cl)c2)nc1. The number of halogens is 2. The molecule has 16 heavy (non-hydrogen) atoms. The lowest BCUT2D eigenvalue weighted by molar-refractivity contribution is 0.281. The van der Waals surface area contributed by atoms with Crippen LogP contribution in [-0.4, -0.2) is 10.1 Å². The first-order valence-electron chi connectivity index (χ1n) is 4.71. The normalized spacial score (nSPS) is 10.4. The van der Waals surface area contributed by atoms with Gasteiger partial charge >= 0.3 is 0 Å². The number of nitrogens with zero attached hydrogens (tertiary/aromatic N) is 1. The Balaban J connectivity index is 2.42. The summed E-state index contributed by atoms with van der Waals surface area (Å²) in [7, 11) is 0. The van der Waals surface area contributed by atoms with Crippen LogP contribution in [-0.2, 0) is 6.61 Å². The molecule has 0 aliphatic carbocycles. The van der Waals surface area contributed by atoms with Crippen molar-refractivity contribution in [2.45, 2.75) is 6.61 Å². The summed E-state index contributed by atoms with van der Waals surface area (Å²) in [4.78, 5) is 4.22. The van der Waals surface area contributed by atoms with Crippen LogP contribution < -0.4 is 0 Å². The highest BCUT2D eigenvalue weighted by molar-refractivity contribution is 6.35. The third kappa shape index (κ3) is 2.53. The molecule has 0 fully saturated rings. The molecule has 2 aromatic rings. The second kappa shape index (κ2) is 4.83. The zero-order valence-corrected chi connectivity index (χ0v) is 9.83. The number of hydrogen-bond donors (Lipinski definition) is 1. The van der Waals surface area contributed by atoms with Crippen molar-refractivity contribution in [3.05, 3.63) is 52.1 Å². The Morgan fingerprint density at radius 1 is 1.06 bits per heavy atom. The monoisotopic (exact) mass is 253 g/mol. The smallest absolute Gasteiger partial charge is 0.0703 e. The van der Waals surface area contributed by atoms with Crippen LogP contribution in [0.2, 0.25) is 10.0 Å². The van der Waals surface area contributed by atoms with Crippen molar-refractivity contribution in [2.24, 2.45) is 0 Å². The lowest BCUT2D eigenvalue weighted by atomic mass is 10.1. The van der Waals surface area contributed by atoms with Crippen molar-refractivity contribution in [3.63, 3.8) is 0 Å². The second-order valence-electron chi connectivity index (χ2n) is 3.37. The molecule has 1 heterocycles. The fraction of sp³-hybridized carbons (Fsp3) is 0.0833. The molecule has 1 aromatic heterocycles. The van der Waals surface area contributed by atoms with Gasteiger partial charge in [-0.2, -0.15) is 0 Å². The predicted molar refractivity (Wildman–Crippen MR) is 65.6 cm³/mol. The maximum atomic E-state index is 8.91. The number of pyridine rings is 1. The van der Waals surface area contributed by atoms with Gasteiger partial charge in [0, 0.05) is 21.8 Å². The fourth-order valence-corrected chi connectivity index (χ4v) is 1.92. The minimum Gasteiger partial charge on any atom is -0.392 e. The molecule has 82 valence electrons. The lowest BCUT2D eigenvalue weighted by Crippen LogP contribution is -1.87. The van der Waals surface area contributed by atoms with Gasteiger partial charge in [-0.05, 0) is 29.8 Å². The summed E-state index contributed by atoms with van der Waals surface area (Å²) >= 11 is 11.8. The van der Waals surface area contributed by atoms with E-state index in [1.807, 2.05) is 12.1 Å². The Morgan fingerprint density at radius 3 is 2.25 bits per heavy atom. The summed E-state index contributed by atoms with van der Waals surface area (Å²) in [6.07, 6.45) is 1.63. The largest absolute Gasteiger partial charge is 0.392 e. The maximum Gasteiger partial charge on any atom is 0.0703 e. The zero-order valence-electron chi connectivity index (χ0n) is 8.32. The van der Waals surface area contributed by atoms with E-state index in [1.165, 1.54) is 0 Å². The molecule has 0 radical (unpaired) electrons. The first-order chi connectivity index (χ1) is 7.69. The number of aromatic nitrogens is 1. The summed E-state index contributed by atoms with van der Waals surface area (Å²) in [6.45, 7) is -0.0103. The Bertz CT molecular complexity index is 477.